The number of amides is 1. The summed E-state index contributed by atoms with van der Waals surface area (Å²) in [6, 6.07) is 23.3. The molecule has 1 fully saturated rings. The normalized spacial score (nSPS) is 15.7. The number of aryl methyl sites for hydroxylation is 1. The van der Waals surface area contributed by atoms with Crippen molar-refractivity contribution in [3.05, 3.63) is 83.6 Å². The summed E-state index contributed by atoms with van der Waals surface area (Å²) in [4.78, 5) is 19.8. The predicted octanol–water partition coefficient (Wildman–Crippen LogP) is 6.08. The van der Waals surface area contributed by atoms with Gasteiger partial charge in [0.1, 0.15) is 17.3 Å². The molecule has 0 bridgehead atoms. The highest BCUT2D eigenvalue weighted by atomic mass is 35.5. The van der Waals surface area contributed by atoms with Crippen molar-refractivity contribution in [3.8, 4) is 11.5 Å². The van der Waals surface area contributed by atoms with Gasteiger partial charge >= 0.3 is 0 Å². The minimum atomic E-state index is 0.0337. The van der Waals surface area contributed by atoms with Gasteiger partial charge in [0, 0.05) is 42.2 Å². The van der Waals surface area contributed by atoms with Gasteiger partial charge in [0.25, 0.3) is 0 Å². The van der Waals surface area contributed by atoms with Crippen molar-refractivity contribution in [2.24, 2.45) is 0 Å². The van der Waals surface area contributed by atoms with Gasteiger partial charge < -0.3 is 18.9 Å². The van der Waals surface area contributed by atoms with Gasteiger partial charge in [0.2, 0.25) is 5.91 Å². The highest BCUT2D eigenvalue weighted by Gasteiger charge is 2.34. The molecule has 3 aromatic carbocycles. The highest BCUT2D eigenvalue weighted by Crippen LogP contribution is 2.34. The summed E-state index contributed by atoms with van der Waals surface area (Å²) in [5.74, 6) is 2.69. The number of nitrogens with zero attached hydrogens (tertiary/aromatic N) is 3. The molecule has 180 valence electrons. The molecule has 1 aliphatic rings. The zero-order valence-corrected chi connectivity index (χ0v) is 20.4. The number of anilines is 1. The number of methoxy groups -OCH3 is 1. The molecule has 0 saturated carbocycles. The van der Waals surface area contributed by atoms with Crippen LogP contribution in [0.15, 0.2) is 72.8 Å². The maximum Gasteiger partial charge on any atom is 0.227 e. The maximum absolute atomic E-state index is 13.0. The molecule has 0 aliphatic carbocycles. The first-order valence-electron chi connectivity index (χ1n) is 11.9. The summed E-state index contributed by atoms with van der Waals surface area (Å²) < 4.78 is 13.5. The first-order valence-corrected chi connectivity index (χ1v) is 12.3. The van der Waals surface area contributed by atoms with Crippen LogP contribution in [0.5, 0.6) is 11.5 Å². The van der Waals surface area contributed by atoms with Crippen LogP contribution in [0.3, 0.4) is 0 Å². The number of para-hydroxylation sites is 2. The number of hydrogen-bond donors (Lipinski definition) is 0. The average Bonchev–Trinajstić information content (AvgIpc) is 3.45. The van der Waals surface area contributed by atoms with Gasteiger partial charge in [0.05, 0.1) is 24.8 Å². The molecule has 1 unspecified atom stereocenters. The third-order valence-electron chi connectivity index (χ3n) is 6.40. The van der Waals surface area contributed by atoms with Crippen LogP contribution in [0.1, 0.15) is 31.0 Å². The third kappa shape index (κ3) is 5.13. The standard InChI is InChI=1S/C28H28ClN3O3/c1-34-24-8-6-7-22(18-24)32-19-20(17-27(32)33)28-30-25-9-2-3-10-26(25)31(28)15-4-5-16-35-23-13-11-21(29)12-14-23/h2-3,6-14,18,20H,4-5,15-17,19H2,1H3. The van der Waals surface area contributed by atoms with Crippen molar-refractivity contribution in [2.75, 3.05) is 25.2 Å². The minimum Gasteiger partial charge on any atom is -0.497 e. The van der Waals surface area contributed by atoms with E-state index in [1.54, 1.807) is 7.11 Å². The zero-order valence-electron chi connectivity index (χ0n) is 19.7. The Labute approximate surface area is 210 Å². The maximum atomic E-state index is 13.0. The number of aromatic nitrogens is 2. The Morgan fingerprint density at radius 3 is 2.66 bits per heavy atom. The summed E-state index contributed by atoms with van der Waals surface area (Å²) in [5.41, 5.74) is 2.93. The summed E-state index contributed by atoms with van der Waals surface area (Å²) >= 11 is 5.94. The second-order valence-electron chi connectivity index (χ2n) is 8.73. The van der Waals surface area contributed by atoms with E-state index >= 15 is 0 Å². The molecular formula is C28H28ClN3O3. The van der Waals surface area contributed by atoms with E-state index in [1.807, 2.05) is 71.6 Å². The van der Waals surface area contributed by atoms with E-state index < -0.39 is 0 Å². The first-order chi connectivity index (χ1) is 17.1. The van der Waals surface area contributed by atoms with Crippen LogP contribution < -0.4 is 14.4 Å². The van der Waals surface area contributed by atoms with Crippen LogP contribution in [0.4, 0.5) is 5.69 Å². The second-order valence-corrected chi connectivity index (χ2v) is 9.16. The summed E-state index contributed by atoms with van der Waals surface area (Å²) in [5, 5.41) is 0.701. The number of fused-ring (bicyclic) bond motifs is 1. The Kier molecular flexibility index (Phi) is 6.91. The number of ether oxygens (including phenoxy) is 2. The minimum absolute atomic E-state index is 0.0337. The van der Waals surface area contributed by atoms with Crippen LogP contribution in [0, 0.1) is 0 Å². The van der Waals surface area contributed by atoms with Crippen molar-refractivity contribution in [3.63, 3.8) is 0 Å². The lowest BCUT2D eigenvalue weighted by Crippen LogP contribution is -2.24. The molecular weight excluding hydrogens is 462 g/mol. The molecule has 4 aromatic rings. The van der Waals surface area contributed by atoms with E-state index in [2.05, 4.69) is 10.6 Å². The highest BCUT2D eigenvalue weighted by molar-refractivity contribution is 6.30. The van der Waals surface area contributed by atoms with Gasteiger partial charge in [-0.05, 0) is 61.4 Å². The smallest absolute Gasteiger partial charge is 0.227 e. The number of carbonyl (C=O) groups excluding carboxylic acids is 1. The molecule has 0 spiro atoms. The van der Waals surface area contributed by atoms with E-state index in [4.69, 9.17) is 26.1 Å². The monoisotopic (exact) mass is 489 g/mol. The SMILES string of the molecule is COc1cccc(N2CC(c3nc4ccccc4n3CCCCOc3ccc(Cl)cc3)CC2=O)c1. The van der Waals surface area contributed by atoms with E-state index in [0.29, 0.717) is 24.6 Å². The number of rotatable bonds is 9. The van der Waals surface area contributed by atoms with Crippen LogP contribution >= 0.6 is 11.6 Å². The Morgan fingerprint density at radius 2 is 1.83 bits per heavy atom. The summed E-state index contributed by atoms with van der Waals surface area (Å²) in [6.45, 7) is 2.06. The first kappa shape index (κ1) is 23.2. The molecule has 2 heterocycles. The van der Waals surface area contributed by atoms with Crippen molar-refractivity contribution in [1.29, 1.82) is 0 Å². The van der Waals surface area contributed by atoms with Gasteiger partial charge in [-0.15, -0.1) is 0 Å². The number of unbranched alkanes of at least 4 members (excludes halogenated alkanes) is 1. The second kappa shape index (κ2) is 10.4. The molecule has 1 amide bonds. The molecule has 0 N–H and O–H groups in total. The molecule has 1 aliphatic heterocycles. The molecule has 35 heavy (non-hydrogen) atoms. The Hall–Kier alpha value is -3.51. The molecule has 0 radical (unpaired) electrons. The van der Waals surface area contributed by atoms with Crippen molar-refractivity contribution >= 4 is 34.2 Å². The van der Waals surface area contributed by atoms with Crippen molar-refractivity contribution in [1.82, 2.24) is 9.55 Å². The number of imidazole rings is 1. The van der Waals surface area contributed by atoms with Crippen LogP contribution in [-0.4, -0.2) is 35.7 Å². The lowest BCUT2D eigenvalue weighted by molar-refractivity contribution is -0.117. The lowest BCUT2D eigenvalue weighted by atomic mass is 10.1. The molecule has 1 atom stereocenters. The van der Waals surface area contributed by atoms with E-state index in [1.165, 1.54) is 0 Å². The molecule has 1 saturated heterocycles. The predicted molar refractivity (Wildman–Crippen MR) is 139 cm³/mol. The van der Waals surface area contributed by atoms with E-state index in [-0.39, 0.29) is 11.8 Å². The van der Waals surface area contributed by atoms with Crippen molar-refractivity contribution in [2.45, 2.75) is 31.7 Å². The fourth-order valence-corrected chi connectivity index (χ4v) is 4.77. The fourth-order valence-electron chi connectivity index (χ4n) is 4.64. The van der Waals surface area contributed by atoms with Gasteiger partial charge in [-0.3, -0.25) is 4.79 Å². The Balaban J connectivity index is 1.29. The van der Waals surface area contributed by atoms with E-state index in [0.717, 1.165) is 53.4 Å². The molecule has 5 rings (SSSR count). The van der Waals surface area contributed by atoms with Gasteiger partial charge in [-0.25, -0.2) is 4.98 Å². The average molecular weight is 490 g/mol. The van der Waals surface area contributed by atoms with Gasteiger partial charge in [-0.1, -0.05) is 29.8 Å². The number of benzene rings is 3. The van der Waals surface area contributed by atoms with Crippen LogP contribution in [-0.2, 0) is 11.3 Å². The number of hydrogen-bond acceptors (Lipinski definition) is 4. The molecule has 7 heteroatoms. The number of carbonyl (C=O) groups is 1. The Bertz CT molecular complexity index is 1320. The van der Waals surface area contributed by atoms with Gasteiger partial charge in [0.15, 0.2) is 0 Å². The summed E-state index contributed by atoms with van der Waals surface area (Å²) in [7, 11) is 1.64. The molecule has 6 nitrogen and oxygen atoms in total. The molecule has 1 aromatic heterocycles. The van der Waals surface area contributed by atoms with E-state index in [9.17, 15) is 4.79 Å². The topological polar surface area (TPSA) is 56.6 Å². The lowest BCUT2D eigenvalue weighted by Gasteiger charge is -2.18. The zero-order chi connectivity index (χ0) is 24.2. The van der Waals surface area contributed by atoms with Crippen LogP contribution in [0.25, 0.3) is 11.0 Å². The largest absolute Gasteiger partial charge is 0.497 e. The quantitative estimate of drug-likeness (QED) is 0.267. The van der Waals surface area contributed by atoms with Gasteiger partial charge in [-0.2, -0.15) is 0 Å². The Morgan fingerprint density at radius 1 is 1.00 bits per heavy atom. The fraction of sp³-hybridized carbons (Fsp3) is 0.286. The summed E-state index contributed by atoms with van der Waals surface area (Å²) in [6.07, 6.45) is 2.30. The van der Waals surface area contributed by atoms with Crippen molar-refractivity contribution < 1.29 is 14.3 Å². The van der Waals surface area contributed by atoms with Crippen LogP contribution in [0.2, 0.25) is 5.02 Å². The number of halogens is 1. The third-order valence-corrected chi connectivity index (χ3v) is 6.65.